The fraction of sp³-hybridized carbons (Fsp3) is 0.556. The van der Waals surface area contributed by atoms with E-state index in [2.05, 4.69) is 77.2 Å². The molecule has 1 N–H and O–H groups in total. The Morgan fingerprint density at radius 2 is 1.89 bits per heavy atom. The van der Waals surface area contributed by atoms with Crippen LogP contribution in [0.4, 0.5) is 0 Å². The minimum absolute atomic E-state index is 0.0597. The van der Waals surface area contributed by atoms with E-state index in [0.29, 0.717) is 11.5 Å². The number of nitrogens with one attached hydrogen (secondary N) is 1. The summed E-state index contributed by atoms with van der Waals surface area (Å²) in [5.74, 6) is 3.80. The molecule has 1 spiro atoms. The predicted molar refractivity (Wildman–Crippen MR) is 124 cm³/mol. The average Bonchev–Trinajstić information content (AvgIpc) is 2.59. The molecule has 0 unspecified atom stereocenters. The molecule has 0 aromatic heterocycles. The van der Waals surface area contributed by atoms with Gasteiger partial charge in [0.2, 0.25) is 0 Å². The normalized spacial score (nSPS) is 28.2. The van der Waals surface area contributed by atoms with Gasteiger partial charge in [0.15, 0.2) is 0 Å². The first-order valence-electron chi connectivity index (χ1n) is 10.7. The summed E-state index contributed by atoms with van der Waals surface area (Å²) in [6.45, 7) is 19.1. The Balaban J connectivity index is 1.92. The first-order valence-corrected chi connectivity index (χ1v) is 10.7. The highest BCUT2D eigenvalue weighted by Gasteiger charge is 2.51. The van der Waals surface area contributed by atoms with Gasteiger partial charge < -0.3 is 5.32 Å². The molecule has 2 fully saturated rings. The zero-order valence-corrected chi connectivity index (χ0v) is 18.7. The highest BCUT2D eigenvalue weighted by molar-refractivity contribution is 5.45. The average molecular weight is 378 g/mol. The minimum atomic E-state index is -0.0597. The molecular formula is C27H39N. The number of terminal acetylenes is 1. The number of allylic oxidation sites excluding steroid dienone is 6. The smallest absolute Gasteiger partial charge is 0.0345 e. The summed E-state index contributed by atoms with van der Waals surface area (Å²) in [5.41, 5.74) is 5.20. The predicted octanol–water partition coefficient (Wildman–Crippen LogP) is 7.11. The molecule has 2 aliphatic rings. The van der Waals surface area contributed by atoms with Gasteiger partial charge in [-0.15, -0.1) is 12.3 Å². The molecule has 2 rings (SSSR count). The van der Waals surface area contributed by atoms with Gasteiger partial charge in [0.1, 0.15) is 0 Å². The van der Waals surface area contributed by atoms with Crippen molar-refractivity contribution in [3.63, 3.8) is 0 Å². The molecule has 0 saturated heterocycles. The van der Waals surface area contributed by atoms with Crippen LogP contribution in [0.3, 0.4) is 0 Å². The van der Waals surface area contributed by atoms with Crippen LogP contribution in [0.25, 0.3) is 0 Å². The van der Waals surface area contributed by atoms with Gasteiger partial charge in [-0.1, -0.05) is 50.0 Å². The summed E-state index contributed by atoms with van der Waals surface area (Å²) < 4.78 is 0. The van der Waals surface area contributed by atoms with Gasteiger partial charge in [0.25, 0.3) is 0 Å². The second-order valence-corrected chi connectivity index (χ2v) is 9.77. The first-order chi connectivity index (χ1) is 13.1. The van der Waals surface area contributed by atoms with Gasteiger partial charge in [-0.3, -0.25) is 0 Å². The van der Waals surface area contributed by atoms with Gasteiger partial charge in [-0.05, 0) is 88.7 Å². The molecule has 0 aliphatic heterocycles. The zero-order chi connectivity index (χ0) is 20.9. The van der Waals surface area contributed by atoms with E-state index in [4.69, 9.17) is 6.42 Å². The number of rotatable bonds is 9. The summed E-state index contributed by atoms with van der Waals surface area (Å²) in [7, 11) is 0. The van der Waals surface area contributed by atoms with Gasteiger partial charge in [-0.25, -0.2) is 0 Å². The van der Waals surface area contributed by atoms with Crippen molar-refractivity contribution in [3.05, 3.63) is 59.9 Å². The third-order valence-corrected chi connectivity index (χ3v) is 6.60. The van der Waals surface area contributed by atoms with Crippen molar-refractivity contribution >= 4 is 0 Å². The highest BCUT2D eigenvalue weighted by atomic mass is 15.0. The summed E-state index contributed by atoms with van der Waals surface area (Å²) in [6.07, 6.45) is 21.5. The van der Waals surface area contributed by atoms with Crippen molar-refractivity contribution in [1.82, 2.24) is 5.32 Å². The van der Waals surface area contributed by atoms with Gasteiger partial charge in [0, 0.05) is 17.2 Å². The van der Waals surface area contributed by atoms with E-state index in [-0.39, 0.29) is 5.41 Å². The number of hydrogen-bond donors (Lipinski definition) is 1. The Kier molecular flexibility index (Phi) is 7.22. The Morgan fingerprint density at radius 1 is 1.25 bits per heavy atom. The fourth-order valence-corrected chi connectivity index (χ4v) is 4.86. The van der Waals surface area contributed by atoms with E-state index in [9.17, 15) is 0 Å². The molecule has 0 aromatic carbocycles. The third-order valence-electron chi connectivity index (χ3n) is 6.60. The second-order valence-electron chi connectivity index (χ2n) is 9.77. The van der Waals surface area contributed by atoms with Crippen molar-refractivity contribution < 1.29 is 0 Å². The van der Waals surface area contributed by atoms with E-state index in [0.717, 1.165) is 30.0 Å². The summed E-state index contributed by atoms with van der Waals surface area (Å²) in [4.78, 5) is 0. The van der Waals surface area contributed by atoms with Crippen LogP contribution in [-0.2, 0) is 0 Å². The summed E-state index contributed by atoms with van der Waals surface area (Å²) in [6, 6.07) is 0.573. The van der Waals surface area contributed by atoms with Crippen molar-refractivity contribution in [1.29, 1.82) is 0 Å². The topological polar surface area (TPSA) is 12.0 Å². The monoisotopic (exact) mass is 377 g/mol. The van der Waals surface area contributed by atoms with Crippen LogP contribution in [0.1, 0.15) is 73.1 Å². The van der Waals surface area contributed by atoms with E-state index in [1.165, 1.54) is 36.8 Å². The molecule has 2 aliphatic carbocycles. The van der Waals surface area contributed by atoms with Crippen LogP contribution in [0.5, 0.6) is 0 Å². The lowest BCUT2D eigenvalue weighted by Gasteiger charge is -2.57. The Labute approximate surface area is 173 Å². The maximum atomic E-state index is 5.62. The van der Waals surface area contributed by atoms with E-state index >= 15 is 0 Å². The molecule has 152 valence electrons. The van der Waals surface area contributed by atoms with E-state index in [1.807, 2.05) is 6.08 Å². The lowest BCUT2D eigenvalue weighted by atomic mass is 9.50. The molecule has 1 heteroatoms. The lowest BCUT2D eigenvalue weighted by Crippen LogP contribution is -2.54. The third kappa shape index (κ3) is 5.54. The lowest BCUT2D eigenvalue weighted by molar-refractivity contribution is -0.0393. The van der Waals surface area contributed by atoms with Crippen molar-refractivity contribution in [2.75, 3.05) is 0 Å². The summed E-state index contributed by atoms with van der Waals surface area (Å²) in [5, 5.41) is 3.65. The van der Waals surface area contributed by atoms with E-state index in [1.54, 1.807) is 0 Å². The Hall–Kier alpha value is -1.94. The molecular weight excluding hydrogens is 338 g/mol. The molecule has 0 heterocycles. The fourth-order valence-electron chi connectivity index (χ4n) is 4.86. The van der Waals surface area contributed by atoms with Crippen LogP contribution in [-0.4, -0.2) is 6.04 Å². The van der Waals surface area contributed by atoms with Crippen molar-refractivity contribution in [2.24, 2.45) is 16.7 Å². The van der Waals surface area contributed by atoms with Gasteiger partial charge in [-0.2, -0.15) is 0 Å². The summed E-state index contributed by atoms with van der Waals surface area (Å²) >= 11 is 0. The first kappa shape index (κ1) is 22.4. The van der Waals surface area contributed by atoms with Crippen LogP contribution < -0.4 is 5.32 Å². The Bertz CT molecular complexity index is 721. The van der Waals surface area contributed by atoms with Crippen LogP contribution in [0, 0.1) is 29.1 Å². The molecule has 0 radical (unpaired) electrons. The second kappa shape index (κ2) is 9.04. The van der Waals surface area contributed by atoms with Crippen LogP contribution in [0.2, 0.25) is 0 Å². The molecule has 28 heavy (non-hydrogen) atoms. The van der Waals surface area contributed by atoms with Crippen LogP contribution in [0.15, 0.2) is 59.9 Å². The molecule has 2 saturated carbocycles. The zero-order valence-electron chi connectivity index (χ0n) is 18.7. The Morgan fingerprint density at radius 3 is 2.39 bits per heavy atom. The SMILES string of the molecule is C#CC(C)(C)CCC(/C=C\C(C)=C(\C=C)C(=C)NC1CC2(CC(C)C2)C1)=C/C. The van der Waals surface area contributed by atoms with Crippen molar-refractivity contribution in [3.8, 4) is 12.3 Å². The minimum Gasteiger partial charge on any atom is -0.382 e. The van der Waals surface area contributed by atoms with Crippen LogP contribution >= 0.6 is 0 Å². The maximum absolute atomic E-state index is 5.62. The van der Waals surface area contributed by atoms with Gasteiger partial charge in [0.05, 0.1) is 0 Å². The molecule has 0 atom stereocenters. The number of hydrogen-bond acceptors (Lipinski definition) is 1. The van der Waals surface area contributed by atoms with Crippen molar-refractivity contribution in [2.45, 2.75) is 79.2 Å². The molecule has 1 nitrogen and oxygen atoms in total. The molecule has 0 bridgehead atoms. The molecule has 0 aromatic rings. The van der Waals surface area contributed by atoms with Gasteiger partial charge >= 0.3 is 0 Å². The quantitative estimate of drug-likeness (QED) is 0.333. The molecule has 0 amide bonds. The maximum Gasteiger partial charge on any atom is 0.0345 e. The van der Waals surface area contributed by atoms with E-state index < -0.39 is 0 Å². The largest absolute Gasteiger partial charge is 0.382 e. The highest BCUT2D eigenvalue weighted by Crippen LogP contribution is 2.58. The standard InChI is InChI=1S/C27H39N/c1-9-23(14-15-26(7,8)11-3)13-12-21(5)25(10-2)22(6)28-24-18-27(19-24)16-20(4)17-27/h3,9-10,12-13,20,24,28H,2,6,14-19H2,1,4-5,7-8H3/b13-12-,23-9+,25-21-.